The van der Waals surface area contributed by atoms with Gasteiger partial charge in [-0.1, -0.05) is 48.7 Å². The minimum Gasteiger partial charge on any atom is -0.481 e. The third-order valence-electron chi connectivity index (χ3n) is 2.80. The summed E-state index contributed by atoms with van der Waals surface area (Å²) in [5.74, 6) is -1.29. The van der Waals surface area contributed by atoms with E-state index in [4.69, 9.17) is 28.3 Å². The molecular formula is C15H17Cl2NO3. The number of hydrogen-bond acceptors (Lipinski definition) is 2. The fourth-order valence-corrected chi connectivity index (χ4v) is 2.22. The molecule has 1 atom stereocenters. The second-order valence-corrected chi connectivity index (χ2v) is 5.35. The molecule has 1 amide bonds. The number of nitrogens with one attached hydrogen (secondary N) is 1. The second kappa shape index (κ2) is 8.70. The number of aliphatic carboxylic acids is 1. The first kappa shape index (κ1) is 17.5. The molecule has 0 aliphatic heterocycles. The first-order valence-electron chi connectivity index (χ1n) is 6.58. The Morgan fingerprint density at radius 1 is 1.38 bits per heavy atom. The van der Waals surface area contributed by atoms with Crippen LogP contribution in [0.25, 0.3) is 6.08 Å². The molecule has 0 spiro atoms. The standard InChI is InChI=1S/C15H17Cl2NO3/c1-2-4-11(9-14(20)21)18-13(19)8-7-10-5-3-6-12(16)15(10)17/h3,5-8,11H,2,4,9H2,1H3,(H,18,19)(H,20,21)/b8-7+. The van der Waals surface area contributed by atoms with Gasteiger partial charge in [-0.15, -0.1) is 0 Å². The molecule has 114 valence electrons. The molecule has 1 aromatic rings. The number of benzene rings is 1. The molecule has 0 aromatic heterocycles. The highest BCUT2D eigenvalue weighted by Gasteiger charge is 2.13. The van der Waals surface area contributed by atoms with Crippen molar-refractivity contribution in [2.24, 2.45) is 0 Å². The summed E-state index contributed by atoms with van der Waals surface area (Å²) in [5.41, 5.74) is 0.629. The molecule has 6 heteroatoms. The lowest BCUT2D eigenvalue weighted by Gasteiger charge is -2.14. The zero-order valence-corrected chi connectivity index (χ0v) is 13.1. The number of amides is 1. The van der Waals surface area contributed by atoms with Gasteiger partial charge in [0.05, 0.1) is 16.5 Å². The fraction of sp³-hybridized carbons (Fsp3) is 0.333. The number of rotatable bonds is 7. The largest absolute Gasteiger partial charge is 0.481 e. The molecule has 1 aromatic carbocycles. The molecule has 0 bridgehead atoms. The van der Waals surface area contributed by atoms with Crippen LogP contribution in [0.4, 0.5) is 0 Å². The van der Waals surface area contributed by atoms with Crippen molar-refractivity contribution >= 4 is 41.2 Å². The summed E-state index contributed by atoms with van der Waals surface area (Å²) in [6.45, 7) is 1.93. The zero-order valence-electron chi connectivity index (χ0n) is 11.6. The summed E-state index contributed by atoms with van der Waals surface area (Å²) in [4.78, 5) is 22.5. The number of carbonyl (C=O) groups excluding carboxylic acids is 1. The summed E-state index contributed by atoms with van der Waals surface area (Å²) >= 11 is 11.9. The van der Waals surface area contributed by atoms with E-state index in [1.807, 2.05) is 6.92 Å². The van der Waals surface area contributed by atoms with E-state index >= 15 is 0 Å². The van der Waals surface area contributed by atoms with Gasteiger partial charge in [0.1, 0.15) is 0 Å². The van der Waals surface area contributed by atoms with Crippen LogP contribution in [0.1, 0.15) is 31.7 Å². The topological polar surface area (TPSA) is 66.4 Å². The van der Waals surface area contributed by atoms with Crippen molar-refractivity contribution in [2.45, 2.75) is 32.2 Å². The average Bonchev–Trinajstić information content (AvgIpc) is 2.40. The van der Waals surface area contributed by atoms with Crippen molar-refractivity contribution in [2.75, 3.05) is 0 Å². The number of carboxylic acids is 1. The molecule has 1 unspecified atom stereocenters. The van der Waals surface area contributed by atoms with Gasteiger partial charge < -0.3 is 10.4 Å². The molecule has 1 rings (SSSR count). The lowest BCUT2D eigenvalue weighted by atomic mass is 10.1. The molecule has 21 heavy (non-hydrogen) atoms. The second-order valence-electron chi connectivity index (χ2n) is 4.57. The van der Waals surface area contributed by atoms with Gasteiger partial charge in [0.25, 0.3) is 0 Å². The zero-order chi connectivity index (χ0) is 15.8. The Morgan fingerprint density at radius 3 is 2.71 bits per heavy atom. The van der Waals surface area contributed by atoms with Crippen molar-refractivity contribution in [3.63, 3.8) is 0 Å². The maximum absolute atomic E-state index is 11.8. The first-order valence-corrected chi connectivity index (χ1v) is 7.34. The summed E-state index contributed by atoms with van der Waals surface area (Å²) in [6, 6.07) is 4.75. The maximum Gasteiger partial charge on any atom is 0.305 e. The molecule has 0 aliphatic carbocycles. The van der Waals surface area contributed by atoms with Gasteiger partial charge in [-0.3, -0.25) is 9.59 Å². The lowest BCUT2D eigenvalue weighted by molar-refractivity contribution is -0.137. The molecule has 4 nitrogen and oxygen atoms in total. The first-order chi connectivity index (χ1) is 9.93. The van der Waals surface area contributed by atoms with E-state index in [9.17, 15) is 9.59 Å². The van der Waals surface area contributed by atoms with Gasteiger partial charge in [0, 0.05) is 12.1 Å². The normalized spacial score (nSPS) is 12.3. The third kappa shape index (κ3) is 6.19. The SMILES string of the molecule is CCCC(CC(=O)O)NC(=O)/C=C/c1cccc(Cl)c1Cl. The molecular weight excluding hydrogens is 313 g/mol. The van der Waals surface area contributed by atoms with E-state index < -0.39 is 5.97 Å². The van der Waals surface area contributed by atoms with Gasteiger partial charge in [-0.25, -0.2) is 0 Å². The Hall–Kier alpha value is -1.52. The summed E-state index contributed by atoms with van der Waals surface area (Å²) in [5, 5.41) is 12.3. The van der Waals surface area contributed by atoms with Crippen LogP contribution < -0.4 is 5.32 Å². The Bertz CT molecular complexity index is 544. The molecule has 0 aliphatic rings. The van der Waals surface area contributed by atoms with Gasteiger partial charge in [0.15, 0.2) is 0 Å². The van der Waals surface area contributed by atoms with E-state index in [1.165, 1.54) is 6.08 Å². The Labute approximate surface area is 133 Å². The van der Waals surface area contributed by atoms with Crippen LogP contribution in [0.15, 0.2) is 24.3 Å². The van der Waals surface area contributed by atoms with E-state index in [0.717, 1.165) is 6.42 Å². The van der Waals surface area contributed by atoms with Gasteiger partial charge >= 0.3 is 5.97 Å². The Balaban J connectivity index is 2.68. The van der Waals surface area contributed by atoms with Gasteiger partial charge in [0.2, 0.25) is 5.91 Å². The van der Waals surface area contributed by atoms with Crippen LogP contribution in [0.2, 0.25) is 10.0 Å². The van der Waals surface area contributed by atoms with Crippen LogP contribution in [-0.4, -0.2) is 23.0 Å². The molecule has 2 N–H and O–H groups in total. The van der Waals surface area contributed by atoms with E-state index in [1.54, 1.807) is 24.3 Å². The lowest BCUT2D eigenvalue weighted by Crippen LogP contribution is -2.35. The minimum absolute atomic E-state index is 0.0919. The average molecular weight is 330 g/mol. The Morgan fingerprint density at radius 2 is 2.10 bits per heavy atom. The van der Waals surface area contributed by atoms with Gasteiger partial charge in [-0.05, 0) is 24.1 Å². The smallest absolute Gasteiger partial charge is 0.305 e. The summed E-state index contributed by atoms with van der Waals surface area (Å²) in [7, 11) is 0. The summed E-state index contributed by atoms with van der Waals surface area (Å²) < 4.78 is 0. The molecule has 0 saturated heterocycles. The third-order valence-corrected chi connectivity index (χ3v) is 3.63. The van der Waals surface area contributed by atoms with E-state index in [0.29, 0.717) is 22.0 Å². The van der Waals surface area contributed by atoms with Crippen molar-refractivity contribution < 1.29 is 14.7 Å². The number of carboxylic acid groups (broad SMARTS) is 1. The van der Waals surface area contributed by atoms with Crippen molar-refractivity contribution in [1.29, 1.82) is 0 Å². The molecule has 0 saturated carbocycles. The highest BCUT2D eigenvalue weighted by Crippen LogP contribution is 2.26. The maximum atomic E-state index is 11.8. The number of halogens is 2. The molecule has 0 radical (unpaired) electrons. The predicted octanol–water partition coefficient (Wildman–Crippen LogP) is 3.77. The minimum atomic E-state index is -0.935. The van der Waals surface area contributed by atoms with Crippen molar-refractivity contribution in [3.05, 3.63) is 39.9 Å². The number of carbonyl (C=O) groups is 2. The van der Waals surface area contributed by atoms with Crippen LogP contribution in [-0.2, 0) is 9.59 Å². The van der Waals surface area contributed by atoms with Crippen molar-refractivity contribution in [3.8, 4) is 0 Å². The predicted molar refractivity (Wildman–Crippen MR) is 84.6 cm³/mol. The van der Waals surface area contributed by atoms with E-state index in [2.05, 4.69) is 5.32 Å². The van der Waals surface area contributed by atoms with Crippen LogP contribution in [0, 0.1) is 0 Å². The monoisotopic (exact) mass is 329 g/mol. The summed E-state index contributed by atoms with van der Waals surface area (Å²) in [6.07, 6.45) is 4.19. The van der Waals surface area contributed by atoms with Gasteiger partial charge in [-0.2, -0.15) is 0 Å². The fourth-order valence-electron chi connectivity index (χ4n) is 1.85. The van der Waals surface area contributed by atoms with Crippen LogP contribution >= 0.6 is 23.2 Å². The van der Waals surface area contributed by atoms with Crippen LogP contribution in [0.3, 0.4) is 0 Å². The number of hydrogen-bond donors (Lipinski definition) is 2. The molecule has 0 heterocycles. The highest BCUT2D eigenvalue weighted by atomic mass is 35.5. The van der Waals surface area contributed by atoms with Crippen molar-refractivity contribution in [1.82, 2.24) is 5.32 Å². The van der Waals surface area contributed by atoms with E-state index in [-0.39, 0.29) is 18.4 Å². The Kier molecular flexibility index (Phi) is 7.26. The highest BCUT2D eigenvalue weighted by molar-refractivity contribution is 6.42. The van der Waals surface area contributed by atoms with Crippen LogP contribution in [0.5, 0.6) is 0 Å². The molecule has 0 fully saturated rings. The quantitative estimate of drug-likeness (QED) is 0.748.